The number of halogens is 2. The quantitative estimate of drug-likeness (QED) is 0.569. The zero-order chi connectivity index (χ0) is 9.84. The Morgan fingerprint density at radius 1 is 1.23 bits per heavy atom. The first kappa shape index (κ1) is 11.3. The predicted molar refractivity (Wildman–Crippen MR) is 64.7 cm³/mol. The molecule has 0 saturated heterocycles. The Morgan fingerprint density at radius 3 is 2.46 bits per heavy atom. The summed E-state index contributed by atoms with van der Waals surface area (Å²) < 4.78 is 0. The van der Waals surface area contributed by atoms with Crippen molar-refractivity contribution in [1.82, 2.24) is 0 Å². The zero-order valence-electron chi connectivity index (χ0n) is 7.77. The Bertz CT molecular complexity index is 274. The van der Waals surface area contributed by atoms with Crippen molar-refractivity contribution >= 4 is 43.6 Å². The van der Waals surface area contributed by atoms with E-state index in [4.69, 9.17) is 22.2 Å². The fourth-order valence-electron chi connectivity index (χ4n) is 1.15. The molecule has 4 heteroatoms. The molecule has 0 nitrogen and oxygen atoms in total. The Morgan fingerprint density at radius 2 is 1.92 bits per heavy atom. The van der Waals surface area contributed by atoms with Crippen LogP contribution in [0.5, 0.6) is 0 Å². The molecule has 0 aromatic heterocycles. The van der Waals surface area contributed by atoms with Crippen LogP contribution in [0.3, 0.4) is 0 Å². The number of hydrogen-bond donors (Lipinski definition) is 0. The maximum atomic E-state index is 5.82. The van der Waals surface area contributed by atoms with Gasteiger partial charge in [0.25, 0.3) is 7.42 Å². The van der Waals surface area contributed by atoms with Gasteiger partial charge >= 0.3 is 0 Å². The molecule has 0 aliphatic heterocycles. The molecule has 0 aliphatic rings. The second kappa shape index (κ2) is 5.20. The molecule has 0 atom stereocenters. The topological polar surface area (TPSA) is 0 Å². The van der Waals surface area contributed by atoms with Gasteiger partial charge in [-0.2, -0.15) is 0 Å². The van der Waals surface area contributed by atoms with Gasteiger partial charge in [-0.3, -0.25) is 0 Å². The summed E-state index contributed by atoms with van der Waals surface area (Å²) >= 11 is 11.6. The third kappa shape index (κ3) is 3.85. The molecule has 0 fully saturated rings. The smallest absolute Gasteiger partial charge is 0.146 e. The van der Waals surface area contributed by atoms with Gasteiger partial charge < -0.3 is 0 Å². The van der Waals surface area contributed by atoms with Crippen LogP contribution in [0.15, 0.2) is 24.3 Å². The van der Waals surface area contributed by atoms with Crippen molar-refractivity contribution in [3.8, 4) is 0 Å². The van der Waals surface area contributed by atoms with Crippen LogP contribution in [0, 0.1) is 0 Å². The van der Waals surface area contributed by atoms with Gasteiger partial charge in [-0.1, -0.05) is 42.5 Å². The first-order valence-corrected chi connectivity index (χ1v) is 10.4. The highest BCUT2D eigenvalue weighted by atomic mass is 35.7. The minimum absolute atomic E-state index is 0.344. The van der Waals surface area contributed by atoms with Crippen molar-refractivity contribution < 1.29 is 0 Å². The minimum Gasteiger partial charge on any atom is -0.146 e. The number of hydrogen-bond acceptors (Lipinski definition) is 0. The molecule has 1 aromatic rings. The largest absolute Gasteiger partial charge is 0.278 e. The summed E-state index contributed by atoms with van der Waals surface area (Å²) in [6, 6.07) is 9.47. The molecule has 0 bridgehead atoms. The molecule has 1 rings (SSSR count). The lowest BCUT2D eigenvalue weighted by Gasteiger charge is -2.06. The van der Waals surface area contributed by atoms with Gasteiger partial charge in [0, 0.05) is 0 Å². The maximum Gasteiger partial charge on any atom is 0.278 e. The Hall–Kier alpha value is 0.234. The van der Waals surface area contributed by atoms with E-state index < -0.39 is 7.42 Å². The van der Waals surface area contributed by atoms with Crippen LogP contribution < -0.4 is 5.19 Å². The number of benzene rings is 1. The van der Waals surface area contributed by atoms with E-state index in [9.17, 15) is 0 Å². The molecule has 1 aromatic carbocycles. The van der Waals surface area contributed by atoms with Gasteiger partial charge in [-0.05, 0) is 11.6 Å². The van der Waals surface area contributed by atoms with Gasteiger partial charge in [0.2, 0.25) is 0 Å². The van der Waals surface area contributed by atoms with E-state index in [-0.39, 0.29) is 8.80 Å². The summed E-state index contributed by atoms with van der Waals surface area (Å²) in [6.07, 6.45) is 0. The monoisotopic (exact) mass is 246 g/mol. The summed E-state index contributed by atoms with van der Waals surface area (Å²) in [4.78, 5) is 0. The fourth-order valence-corrected chi connectivity index (χ4v) is 3.50. The number of rotatable bonds is 3. The summed E-state index contributed by atoms with van der Waals surface area (Å²) in [6.45, 7) is 4.58. The molecule has 0 aliphatic carbocycles. The molecule has 0 N–H and O–H groups in total. The van der Waals surface area contributed by atoms with Gasteiger partial charge in [0.15, 0.2) is 0 Å². The zero-order valence-corrected chi connectivity index (χ0v) is 11.3. The first-order valence-electron chi connectivity index (χ1n) is 4.16. The highest BCUT2D eigenvalue weighted by Crippen LogP contribution is 2.07. The minimum atomic E-state index is -1.17. The summed E-state index contributed by atoms with van der Waals surface area (Å²) in [7, 11) is -1.52. The van der Waals surface area contributed by atoms with Gasteiger partial charge in [-0.15, -0.1) is 22.2 Å². The molecule has 0 spiro atoms. The molecular formula is C9H12Cl2Si2. The maximum absolute atomic E-state index is 5.82. The molecule has 0 unspecified atom stereocenters. The Balaban J connectivity index is 2.79. The van der Waals surface area contributed by atoms with Crippen molar-refractivity contribution in [2.75, 3.05) is 0 Å². The second-order valence-corrected chi connectivity index (χ2v) is 10.1. The lowest BCUT2D eigenvalue weighted by Crippen LogP contribution is -2.22. The van der Waals surface area contributed by atoms with Gasteiger partial charge in [-0.25, -0.2) is 0 Å². The summed E-state index contributed by atoms with van der Waals surface area (Å²) in [5.74, 6) is 0. The molecule has 0 heterocycles. The van der Waals surface area contributed by atoms with Crippen molar-refractivity contribution in [2.24, 2.45) is 0 Å². The fraction of sp³-hybridized carbons (Fsp3) is 0.333. The molecule has 2 radical (unpaired) electrons. The first-order chi connectivity index (χ1) is 6.09. The van der Waals surface area contributed by atoms with E-state index in [2.05, 4.69) is 37.4 Å². The van der Waals surface area contributed by atoms with Crippen LogP contribution in [0.4, 0.5) is 0 Å². The second-order valence-electron chi connectivity index (χ2n) is 3.22. The van der Waals surface area contributed by atoms with E-state index in [1.807, 2.05) is 0 Å². The van der Waals surface area contributed by atoms with Crippen LogP contribution in [-0.2, 0) is 6.04 Å². The molecular weight excluding hydrogens is 235 g/mol. The molecule has 0 saturated carbocycles. The van der Waals surface area contributed by atoms with Crippen LogP contribution in [0.25, 0.3) is 0 Å². The summed E-state index contributed by atoms with van der Waals surface area (Å²) in [5.41, 5.74) is 1.28. The third-order valence-electron chi connectivity index (χ3n) is 1.84. The van der Waals surface area contributed by atoms with E-state index >= 15 is 0 Å². The van der Waals surface area contributed by atoms with Crippen molar-refractivity contribution in [3.63, 3.8) is 0 Å². The Kier molecular flexibility index (Phi) is 4.52. The highest BCUT2D eigenvalue weighted by molar-refractivity contribution is 7.33. The van der Waals surface area contributed by atoms with Crippen LogP contribution in [0.2, 0.25) is 13.1 Å². The predicted octanol–water partition coefficient (Wildman–Crippen LogP) is 2.70. The van der Waals surface area contributed by atoms with Crippen molar-refractivity contribution in [3.05, 3.63) is 29.8 Å². The van der Waals surface area contributed by atoms with E-state index in [0.29, 0.717) is 0 Å². The average Bonchev–Trinajstić information content (AvgIpc) is 2.03. The molecule has 13 heavy (non-hydrogen) atoms. The van der Waals surface area contributed by atoms with Gasteiger partial charge in [0.05, 0.1) is 8.80 Å². The SMILES string of the molecule is C[Si](C)c1cccc(C[Si](Cl)Cl)c1. The third-order valence-corrected chi connectivity index (χ3v) is 4.79. The van der Waals surface area contributed by atoms with E-state index in [1.165, 1.54) is 10.8 Å². The standard InChI is InChI=1S/C9H12Cl2Si2/c1-12(2)9-5-3-4-8(6-9)7-13(10)11/h3-6H,7H2,1-2H3. The highest BCUT2D eigenvalue weighted by Gasteiger charge is 2.07. The van der Waals surface area contributed by atoms with Crippen molar-refractivity contribution in [2.45, 2.75) is 19.1 Å². The average molecular weight is 247 g/mol. The summed E-state index contributed by atoms with van der Waals surface area (Å²) in [5, 5.41) is 1.46. The lowest BCUT2D eigenvalue weighted by molar-refractivity contribution is 1.40. The van der Waals surface area contributed by atoms with Crippen LogP contribution in [-0.4, -0.2) is 16.2 Å². The normalized spacial score (nSPS) is 11.2. The van der Waals surface area contributed by atoms with E-state index in [1.54, 1.807) is 0 Å². The molecule has 0 amide bonds. The van der Waals surface area contributed by atoms with E-state index in [0.717, 1.165) is 6.04 Å². The van der Waals surface area contributed by atoms with Gasteiger partial charge in [0.1, 0.15) is 0 Å². The van der Waals surface area contributed by atoms with Crippen molar-refractivity contribution in [1.29, 1.82) is 0 Å². The van der Waals surface area contributed by atoms with Crippen LogP contribution >= 0.6 is 22.2 Å². The molecule has 70 valence electrons. The van der Waals surface area contributed by atoms with Crippen LogP contribution in [0.1, 0.15) is 5.56 Å². The lowest BCUT2D eigenvalue weighted by atomic mass is 10.2. The Labute approximate surface area is 92.5 Å².